The Labute approximate surface area is 229 Å². The average molecular weight is 534 g/mol. The molecule has 39 heavy (non-hydrogen) atoms. The Morgan fingerprint density at radius 3 is 2.51 bits per heavy atom. The maximum absolute atomic E-state index is 15.9. The molecule has 3 aromatic rings. The fourth-order valence-corrected chi connectivity index (χ4v) is 6.27. The van der Waals surface area contributed by atoms with Gasteiger partial charge in [0.15, 0.2) is 0 Å². The normalized spacial score (nSPS) is 28.8. The van der Waals surface area contributed by atoms with Gasteiger partial charge in [0.25, 0.3) is 5.92 Å². The smallest absolute Gasteiger partial charge is 0.278 e. The summed E-state index contributed by atoms with van der Waals surface area (Å²) in [7, 11) is 0. The van der Waals surface area contributed by atoms with E-state index < -0.39 is 29.3 Å². The second-order valence-electron chi connectivity index (χ2n) is 12.3. The molecule has 1 saturated carbocycles. The molecule has 4 aliphatic rings. The summed E-state index contributed by atoms with van der Waals surface area (Å²) in [6.45, 7) is 8.23. The van der Waals surface area contributed by atoms with Crippen molar-refractivity contribution >= 4 is 16.6 Å². The van der Waals surface area contributed by atoms with Gasteiger partial charge in [-0.3, -0.25) is 9.88 Å². The Kier molecular flexibility index (Phi) is 6.73. The highest BCUT2D eigenvalue weighted by Crippen LogP contribution is 2.49. The van der Waals surface area contributed by atoms with E-state index in [1.54, 1.807) is 12.1 Å². The Hall–Kier alpha value is -2.86. The predicted molar refractivity (Wildman–Crippen MR) is 152 cm³/mol. The molecule has 0 amide bonds. The molecule has 1 unspecified atom stereocenters. The summed E-state index contributed by atoms with van der Waals surface area (Å²) < 4.78 is 47.3. The average Bonchev–Trinajstić information content (AvgIpc) is 3.68. The lowest BCUT2D eigenvalue weighted by atomic mass is 9.85. The second-order valence-corrected chi connectivity index (χ2v) is 12.3. The summed E-state index contributed by atoms with van der Waals surface area (Å²) in [4.78, 5) is 7.24. The number of halogens is 3. The molecular weight excluding hydrogens is 495 g/mol. The van der Waals surface area contributed by atoms with Gasteiger partial charge in [0, 0.05) is 40.7 Å². The van der Waals surface area contributed by atoms with E-state index in [4.69, 9.17) is 4.98 Å². The zero-order valence-corrected chi connectivity index (χ0v) is 23.1. The molecule has 1 N–H and O–H groups in total. The zero-order chi connectivity index (χ0) is 27.4. The SMILES string of the molecule is CC1C/C=C\CN2CCC(CC2)C(F)(F)c2cccc(c2F)[C@@H](C)Nc2cc1nc1ccc(C3(C)CC3)cc21. The van der Waals surface area contributed by atoms with Crippen LogP contribution in [0, 0.1) is 11.7 Å². The molecule has 3 nitrogen and oxygen atoms in total. The van der Waals surface area contributed by atoms with Crippen LogP contribution in [0.2, 0.25) is 0 Å². The van der Waals surface area contributed by atoms with Crippen LogP contribution in [0.25, 0.3) is 10.9 Å². The molecule has 6 heteroatoms. The molecule has 2 fully saturated rings. The Balaban J connectivity index is 1.46. The Morgan fingerprint density at radius 1 is 1.00 bits per heavy atom. The quantitative estimate of drug-likeness (QED) is 0.318. The maximum Gasteiger partial charge on any atom is 0.278 e. The van der Waals surface area contributed by atoms with Crippen molar-refractivity contribution in [2.24, 2.45) is 5.92 Å². The molecule has 3 aliphatic heterocycles. The Bertz CT molecular complexity index is 1400. The predicted octanol–water partition coefficient (Wildman–Crippen LogP) is 8.47. The van der Waals surface area contributed by atoms with E-state index in [-0.39, 0.29) is 16.9 Å². The van der Waals surface area contributed by atoms with Gasteiger partial charge in [0.1, 0.15) is 5.82 Å². The van der Waals surface area contributed by atoms with E-state index in [1.165, 1.54) is 11.6 Å². The van der Waals surface area contributed by atoms with Crippen molar-refractivity contribution in [1.29, 1.82) is 0 Å². The lowest BCUT2D eigenvalue weighted by molar-refractivity contribution is -0.0872. The van der Waals surface area contributed by atoms with Gasteiger partial charge in [-0.2, -0.15) is 0 Å². The summed E-state index contributed by atoms with van der Waals surface area (Å²) >= 11 is 0. The molecule has 1 aromatic heterocycles. The van der Waals surface area contributed by atoms with Gasteiger partial charge in [-0.1, -0.05) is 50.3 Å². The van der Waals surface area contributed by atoms with Crippen molar-refractivity contribution in [3.63, 3.8) is 0 Å². The highest BCUT2D eigenvalue weighted by molar-refractivity contribution is 5.92. The van der Waals surface area contributed by atoms with Crippen molar-refractivity contribution in [3.8, 4) is 0 Å². The molecule has 2 aromatic carbocycles. The third-order valence-corrected chi connectivity index (χ3v) is 9.38. The van der Waals surface area contributed by atoms with E-state index in [2.05, 4.69) is 60.5 Å². The number of hydrogen-bond donors (Lipinski definition) is 1. The first-order chi connectivity index (χ1) is 18.7. The minimum Gasteiger partial charge on any atom is -0.378 e. The lowest BCUT2D eigenvalue weighted by Gasteiger charge is -2.36. The molecular formula is C33H38F3N3. The van der Waals surface area contributed by atoms with E-state index in [0.29, 0.717) is 25.9 Å². The van der Waals surface area contributed by atoms with Crippen molar-refractivity contribution < 1.29 is 13.2 Å². The maximum atomic E-state index is 15.9. The number of benzene rings is 2. The van der Waals surface area contributed by atoms with E-state index in [9.17, 15) is 0 Å². The minimum absolute atomic E-state index is 0.195. The summed E-state index contributed by atoms with van der Waals surface area (Å²) in [5.74, 6) is -4.68. The number of anilines is 1. The van der Waals surface area contributed by atoms with Crippen LogP contribution in [-0.2, 0) is 11.3 Å². The summed E-state index contributed by atoms with van der Waals surface area (Å²) in [6, 6.07) is 12.5. The van der Waals surface area contributed by atoms with Crippen molar-refractivity contribution in [3.05, 3.63) is 82.8 Å². The number of allylic oxidation sites excluding steroid dienone is 1. The first-order valence-corrected chi connectivity index (χ1v) is 14.4. The number of rotatable bonds is 1. The minimum atomic E-state index is -3.21. The zero-order valence-electron chi connectivity index (χ0n) is 23.1. The summed E-state index contributed by atoms with van der Waals surface area (Å²) in [5, 5.41) is 4.50. The second kappa shape index (κ2) is 9.96. The molecule has 4 heterocycles. The van der Waals surface area contributed by atoms with Crippen molar-refractivity contribution in [1.82, 2.24) is 9.88 Å². The van der Waals surface area contributed by atoms with Gasteiger partial charge < -0.3 is 5.32 Å². The Morgan fingerprint density at radius 2 is 1.77 bits per heavy atom. The van der Waals surface area contributed by atoms with Crippen LogP contribution < -0.4 is 5.32 Å². The third kappa shape index (κ3) is 4.97. The van der Waals surface area contributed by atoms with Gasteiger partial charge in [0.2, 0.25) is 0 Å². The van der Waals surface area contributed by atoms with Crippen molar-refractivity contribution in [2.45, 2.75) is 76.2 Å². The highest BCUT2D eigenvalue weighted by Gasteiger charge is 2.45. The van der Waals surface area contributed by atoms with Crippen LogP contribution >= 0.6 is 0 Å². The number of fused-ring (bicyclic) bond motifs is 7. The summed E-state index contributed by atoms with van der Waals surface area (Å²) in [6.07, 6.45) is 8.22. The fraction of sp³-hybridized carbons (Fsp3) is 0.485. The number of piperidine rings is 1. The molecule has 1 saturated heterocycles. The van der Waals surface area contributed by atoms with Crippen LogP contribution in [0.15, 0.2) is 54.6 Å². The molecule has 0 radical (unpaired) electrons. The molecule has 7 rings (SSSR count). The van der Waals surface area contributed by atoms with Gasteiger partial charge in [0.05, 0.1) is 17.1 Å². The molecule has 2 atom stereocenters. The van der Waals surface area contributed by atoms with E-state index in [0.717, 1.165) is 48.1 Å². The van der Waals surface area contributed by atoms with Gasteiger partial charge in [-0.05, 0) is 81.3 Å². The number of alkyl halides is 2. The van der Waals surface area contributed by atoms with Crippen LogP contribution in [0.3, 0.4) is 0 Å². The third-order valence-electron chi connectivity index (χ3n) is 9.38. The topological polar surface area (TPSA) is 28.2 Å². The van der Waals surface area contributed by atoms with Gasteiger partial charge >= 0.3 is 0 Å². The van der Waals surface area contributed by atoms with Crippen LogP contribution in [0.4, 0.5) is 18.9 Å². The standard InChI is InChI=1S/C33H38F3N3/c1-21-7-4-5-16-39-17-12-23(13-18-39)33(35,36)27-9-6-8-25(31(27)34)22(2)37-30-20-29(21)38-28-11-10-24(19-26(28)30)32(3)14-15-32/h4-6,8-11,19-23,37H,7,12-18H2,1-3H3/b5-4-/t21?,22-/m1/s1. The lowest BCUT2D eigenvalue weighted by Crippen LogP contribution is -2.40. The van der Waals surface area contributed by atoms with E-state index in [1.807, 2.05) is 6.92 Å². The molecule has 206 valence electrons. The number of nitrogens with zero attached hydrogens (tertiary/aromatic N) is 2. The molecule has 0 spiro atoms. The number of aromatic nitrogens is 1. The number of hydrogen-bond acceptors (Lipinski definition) is 3. The summed E-state index contributed by atoms with van der Waals surface area (Å²) in [5.41, 5.74) is 3.99. The van der Waals surface area contributed by atoms with Crippen molar-refractivity contribution in [2.75, 3.05) is 25.0 Å². The van der Waals surface area contributed by atoms with E-state index >= 15 is 13.2 Å². The van der Waals surface area contributed by atoms with Gasteiger partial charge in [-0.15, -0.1) is 0 Å². The van der Waals surface area contributed by atoms with Crippen LogP contribution in [-0.4, -0.2) is 29.5 Å². The largest absolute Gasteiger partial charge is 0.378 e. The first-order valence-electron chi connectivity index (χ1n) is 14.4. The first kappa shape index (κ1) is 26.4. The monoisotopic (exact) mass is 533 g/mol. The van der Waals surface area contributed by atoms with Crippen LogP contribution in [0.1, 0.15) is 87.2 Å². The van der Waals surface area contributed by atoms with Gasteiger partial charge in [-0.25, -0.2) is 13.2 Å². The number of pyridine rings is 1. The molecule has 1 aliphatic carbocycles. The highest BCUT2D eigenvalue weighted by atomic mass is 19.3. The molecule has 6 bridgehead atoms. The number of nitrogens with one attached hydrogen (secondary N) is 1. The fourth-order valence-electron chi connectivity index (χ4n) is 6.27. The van der Waals surface area contributed by atoms with Crippen LogP contribution in [0.5, 0.6) is 0 Å².